The number of hydrogen-bond donors (Lipinski definition) is 1. The first-order chi connectivity index (χ1) is 2.41. The van der Waals surface area contributed by atoms with Crippen LogP contribution in [0, 0.1) is 0 Å². The molecule has 0 aromatic heterocycles. The minimum atomic E-state index is -0.219. The zero-order chi connectivity index (χ0) is 4.12. The molecule has 0 saturated carbocycles. The van der Waals surface area contributed by atoms with Crippen LogP contribution in [0.2, 0.25) is 9.88 Å². The van der Waals surface area contributed by atoms with Crippen LogP contribution < -0.4 is 1.76 Å². The average Bonchev–Trinajstić information content (AvgIpc) is 1.41. The van der Waals surface area contributed by atoms with Gasteiger partial charge in [0.2, 0.25) is 0 Å². The third kappa shape index (κ3) is 5.56. The van der Waals surface area contributed by atoms with Gasteiger partial charge in [-0.15, -0.1) is 0 Å². The molecule has 0 aliphatic carbocycles. The molecular formula is C2H11NSn2. The molecule has 3 heteroatoms. The molecule has 0 fully saturated rings. The van der Waals surface area contributed by atoms with E-state index in [9.17, 15) is 0 Å². The van der Waals surface area contributed by atoms with Crippen molar-refractivity contribution in [1.29, 1.82) is 0 Å². The van der Waals surface area contributed by atoms with Crippen LogP contribution >= 0.6 is 0 Å². The Hall–Kier alpha value is 1.56. The summed E-state index contributed by atoms with van der Waals surface area (Å²) in [5.41, 5.74) is 0. The van der Waals surface area contributed by atoms with Crippen LogP contribution in [0.5, 0.6) is 0 Å². The monoisotopic (exact) mass is 289 g/mol. The second-order valence-corrected chi connectivity index (χ2v) is 16.0. The van der Waals surface area contributed by atoms with Crippen molar-refractivity contribution in [3.05, 3.63) is 0 Å². The molecule has 0 radical (unpaired) electrons. The van der Waals surface area contributed by atoms with Gasteiger partial charge in [-0.05, 0) is 0 Å². The Kier molecular flexibility index (Phi) is 7.29. The fourth-order valence-electron chi connectivity index (χ4n) is 0.250. The van der Waals surface area contributed by atoms with Gasteiger partial charge in [-0.25, -0.2) is 0 Å². The first kappa shape index (κ1) is 6.56. The van der Waals surface area contributed by atoms with E-state index in [2.05, 4.69) is 11.6 Å². The minimum absolute atomic E-state index is 0.219. The fraction of sp³-hybridized carbons (Fsp3) is 1.00. The Balaban J connectivity index is 2.19. The van der Waals surface area contributed by atoms with Gasteiger partial charge in [-0.1, -0.05) is 0 Å². The molecule has 0 aliphatic rings. The summed E-state index contributed by atoms with van der Waals surface area (Å²) < 4.78 is 3.53. The van der Waals surface area contributed by atoms with E-state index in [0.717, 1.165) is 0 Å². The summed E-state index contributed by atoms with van der Waals surface area (Å²) in [6, 6.07) is 0. The Morgan fingerprint density at radius 3 is 1.60 bits per heavy atom. The van der Waals surface area contributed by atoms with Gasteiger partial charge in [-0.2, -0.15) is 0 Å². The van der Waals surface area contributed by atoms with Crippen LogP contribution in [-0.2, 0) is 0 Å². The van der Waals surface area contributed by atoms with Crippen LogP contribution in [-0.4, -0.2) is 42.8 Å². The Morgan fingerprint density at radius 1 is 1.20 bits per heavy atom. The van der Waals surface area contributed by atoms with Crippen molar-refractivity contribution in [3.63, 3.8) is 0 Å². The molecule has 0 saturated heterocycles. The fourth-order valence-corrected chi connectivity index (χ4v) is 11.2. The molecule has 0 aromatic rings. The van der Waals surface area contributed by atoms with E-state index in [4.69, 9.17) is 0 Å². The molecule has 0 atom stereocenters. The summed E-state index contributed by atoms with van der Waals surface area (Å²) in [6.07, 6.45) is 0. The van der Waals surface area contributed by atoms with Crippen molar-refractivity contribution >= 4 is 42.8 Å². The van der Waals surface area contributed by atoms with Gasteiger partial charge in [0.25, 0.3) is 0 Å². The Morgan fingerprint density at radius 2 is 1.60 bits per heavy atom. The van der Waals surface area contributed by atoms with Crippen molar-refractivity contribution in [3.8, 4) is 0 Å². The maximum absolute atomic E-state index is 3.53. The van der Waals surface area contributed by atoms with Crippen LogP contribution in [0.4, 0.5) is 0 Å². The van der Waals surface area contributed by atoms with E-state index in [0.29, 0.717) is 0 Å². The molecule has 0 amide bonds. The van der Waals surface area contributed by atoms with Crippen molar-refractivity contribution < 1.29 is 0 Å². The van der Waals surface area contributed by atoms with Crippen LogP contribution in [0.1, 0.15) is 0 Å². The van der Waals surface area contributed by atoms with Crippen LogP contribution in [0.15, 0.2) is 0 Å². The summed E-state index contributed by atoms with van der Waals surface area (Å²) in [5.74, 6) is 0. The van der Waals surface area contributed by atoms with Gasteiger partial charge in [0.15, 0.2) is 0 Å². The topological polar surface area (TPSA) is 12.0 Å². The summed E-state index contributed by atoms with van der Waals surface area (Å²) in [5, 5.41) is 0. The molecule has 0 aliphatic heterocycles. The summed E-state index contributed by atoms with van der Waals surface area (Å²) in [7, 11) is 0. The van der Waals surface area contributed by atoms with Gasteiger partial charge < -0.3 is 0 Å². The average molecular weight is 287 g/mol. The molecule has 0 heterocycles. The predicted octanol–water partition coefficient (Wildman–Crippen LogP) is -1.16. The van der Waals surface area contributed by atoms with E-state index in [1.54, 1.807) is 0 Å². The van der Waals surface area contributed by atoms with Crippen LogP contribution in [0.3, 0.4) is 0 Å². The van der Waals surface area contributed by atoms with Crippen molar-refractivity contribution in [2.45, 2.75) is 9.88 Å². The van der Waals surface area contributed by atoms with Gasteiger partial charge in [0.05, 0.1) is 0 Å². The number of hydrogen-bond acceptors (Lipinski definition) is 1. The third-order valence-electron chi connectivity index (χ3n) is 0.500. The second kappa shape index (κ2) is 5.56. The SMILES string of the molecule is [CH3][SnH2][NH][SnH2][CH3]. The van der Waals surface area contributed by atoms with E-state index >= 15 is 0 Å². The Labute approximate surface area is 54.1 Å². The molecule has 0 unspecified atom stereocenters. The third-order valence-corrected chi connectivity index (χ3v) is 22.5. The van der Waals surface area contributed by atoms with E-state index in [1.165, 1.54) is 0 Å². The first-order valence-electron chi connectivity index (χ1n) is 2.12. The molecule has 0 spiro atoms. The second-order valence-electron chi connectivity index (χ2n) is 0.957. The van der Waals surface area contributed by atoms with Crippen molar-refractivity contribution in [2.24, 2.45) is 0 Å². The van der Waals surface area contributed by atoms with Gasteiger partial charge in [0, 0.05) is 0 Å². The van der Waals surface area contributed by atoms with E-state index in [1.807, 2.05) is 0 Å². The van der Waals surface area contributed by atoms with Gasteiger partial charge in [-0.3, -0.25) is 0 Å². The molecule has 0 bridgehead atoms. The summed E-state index contributed by atoms with van der Waals surface area (Å²) in [6.45, 7) is 0. The molecule has 5 heavy (non-hydrogen) atoms. The van der Waals surface area contributed by atoms with E-state index < -0.39 is 0 Å². The first-order valence-corrected chi connectivity index (χ1v) is 14.2. The standard InChI is InChI=1S/2CH3.HN.2Sn.4H/h2*1H3;1H;;;;;;. The number of rotatable bonds is 2. The Bertz CT molecular complexity index is 15.1. The predicted molar refractivity (Wildman–Crippen MR) is 32.0 cm³/mol. The molecule has 0 rings (SSSR count). The normalized spacial score (nSPS) is 13.2. The van der Waals surface area contributed by atoms with Crippen molar-refractivity contribution in [1.82, 2.24) is 1.76 Å². The molecular weight excluding hydrogens is 275 g/mol. The van der Waals surface area contributed by atoms with Gasteiger partial charge >= 0.3 is 54.5 Å². The van der Waals surface area contributed by atoms with Gasteiger partial charge in [0.1, 0.15) is 0 Å². The molecule has 0 aromatic carbocycles. The zero-order valence-electron chi connectivity index (χ0n) is 3.91. The molecule has 1 nitrogen and oxygen atoms in total. The summed E-state index contributed by atoms with van der Waals surface area (Å²) >= 11 is -0.437. The molecule has 1 N–H and O–H groups in total. The molecule has 32 valence electrons. The van der Waals surface area contributed by atoms with Crippen molar-refractivity contribution in [2.75, 3.05) is 0 Å². The zero-order valence-corrected chi connectivity index (χ0v) is 12.0. The van der Waals surface area contributed by atoms with E-state index in [-0.39, 0.29) is 42.8 Å². The number of nitrogens with one attached hydrogen (secondary N) is 1. The maximum atomic E-state index is 3.53. The van der Waals surface area contributed by atoms with Crippen LogP contribution in [0.25, 0.3) is 0 Å². The summed E-state index contributed by atoms with van der Waals surface area (Å²) in [4.78, 5) is 4.73. The quantitative estimate of drug-likeness (QED) is 0.632.